The number of primary amides is 1. The van der Waals surface area contributed by atoms with Gasteiger partial charge in [0.15, 0.2) is 0 Å². The molecule has 162 valence electrons. The number of nitrogens with zero attached hydrogens (tertiary/aromatic N) is 1. The molecule has 1 fully saturated rings. The smallest absolute Gasteiger partial charge is 0.325 e. The average Bonchev–Trinajstić information content (AvgIpc) is 3.24. The van der Waals surface area contributed by atoms with Gasteiger partial charge in [0.25, 0.3) is 11.8 Å². The summed E-state index contributed by atoms with van der Waals surface area (Å²) in [6, 6.07) is 8.44. The number of anilines is 1. The van der Waals surface area contributed by atoms with Crippen LogP contribution < -0.4 is 16.4 Å². The third-order valence-electron chi connectivity index (χ3n) is 5.64. The van der Waals surface area contributed by atoms with Crippen LogP contribution >= 0.6 is 11.3 Å². The highest BCUT2D eigenvalue weighted by Crippen LogP contribution is 2.37. The van der Waals surface area contributed by atoms with Crippen molar-refractivity contribution in [3.8, 4) is 0 Å². The monoisotopic (exact) mass is 440 g/mol. The van der Waals surface area contributed by atoms with E-state index in [0.717, 1.165) is 46.6 Å². The maximum atomic E-state index is 12.7. The Morgan fingerprint density at radius 3 is 2.65 bits per heavy atom. The fraction of sp³-hybridized carbons (Fsp3) is 0.364. The van der Waals surface area contributed by atoms with Gasteiger partial charge in [-0.3, -0.25) is 19.3 Å². The summed E-state index contributed by atoms with van der Waals surface area (Å²) in [6.45, 7) is -0.409. The molecule has 1 atom stereocenters. The second-order valence-electron chi connectivity index (χ2n) is 7.78. The molecule has 1 unspecified atom stereocenters. The number of nitrogens with one attached hydrogen (secondary N) is 2. The third kappa shape index (κ3) is 4.46. The van der Waals surface area contributed by atoms with Crippen molar-refractivity contribution in [3.05, 3.63) is 51.9 Å². The van der Waals surface area contributed by atoms with Crippen molar-refractivity contribution in [2.45, 2.75) is 44.6 Å². The summed E-state index contributed by atoms with van der Waals surface area (Å²) in [5, 5.41) is 5.74. The molecule has 9 heteroatoms. The standard InChI is InChI=1S/C22H24N4O4S/c23-19(28)18-14-8-4-5-9-16(14)31-20(18)25-17(27)12-26-21(29)15(24-22(26)30)11-10-13-6-2-1-3-7-13/h1-3,6-7,15H,4-5,8-12H2,(H2,23,28)(H,24,30)(H,25,27). The van der Waals surface area contributed by atoms with Crippen LogP contribution in [0.4, 0.5) is 9.80 Å². The highest BCUT2D eigenvalue weighted by atomic mass is 32.1. The van der Waals surface area contributed by atoms with Gasteiger partial charge < -0.3 is 16.4 Å². The minimum Gasteiger partial charge on any atom is -0.365 e. The minimum atomic E-state index is -0.657. The van der Waals surface area contributed by atoms with E-state index in [1.807, 2.05) is 30.3 Å². The molecule has 1 aromatic carbocycles. The summed E-state index contributed by atoms with van der Waals surface area (Å²) in [6.07, 6.45) is 4.72. The Hall–Kier alpha value is -3.20. The van der Waals surface area contributed by atoms with Crippen LogP contribution in [-0.2, 0) is 28.9 Å². The fourth-order valence-electron chi connectivity index (χ4n) is 4.10. The molecule has 2 aliphatic rings. The first kappa shape index (κ1) is 21.0. The molecule has 0 bridgehead atoms. The van der Waals surface area contributed by atoms with Crippen molar-refractivity contribution in [2.24, 2.45) is 5.73 Å². The second kappa shape index (κ2) is 8.89. The average molecular weight is 441 g/mol. The first-order chi connectivity index (χ1) is 14.9. The van der Waals surface area contributed by atoms with Crippen molar-refractivity contribution in [1.82, 2.24) is 10.2 Å². The zero-order valence-corrected chi connectivity index (χ0v) is 17.8. The van der Waals surface area contributed by atoms with Gasteiger partial charge in [-0.25, -0.2) is 4.79 Å². The highest BCUT2D eigenvalue weighted by molar-refractivity contribution is 7.17. The Morgan fingerprint density at radius 1 is 1.16 bits per heavy atom. The molecule has 0 spiro atoms. The van der Waals surface area contributed by atoms with E-state index in [4.69, 9.17) is 5.73 Å². The number of carbonyl (C=O) groups is 4. The van der Waals surface area contributed by atoms with Crippen LogP contribution in [0.15, 0.2) is 30.3 Å². The molecular weight excluding hydrogens is 416 g/mol. The summed E-state index contributed by atoms with van der Waals surface area (Å²) in [5.41, 5.74) is 7.89. The third-order valence-corrected chi connectivity index (χ3v) is 6.85. The SMILES string of the molecule is NC(=O)c1c(NC(=O)CN2C(=O)NC(CCc3ccccc3)C2=O)sc2c1CCCC2. The first-order valence-corrected chi connectivity index (χ1v) is 11.2. The van der Waals surface area contributed by atoms with E-state index in [1.165, 1.54) is 11.3 Å². The van der Waals surface area contributed by atoms with Crippen molar-refractivity contribution in [2.75, 3.05) is 11.9 Å². The van der Waals surface area contributed by atoms with Crippen LogP contribution in [0.25, 0.3) is 0 Å². The van der Waals surface area contributed by atoms with Gasteiger partial charge in [-0.2, -0.15) is 0 Å². The first-order valence-electron chi connectivity index (χ1n) is 10.3. The van der Waals surface area contributed by atoms with Crippen LogP contribution in [0.3, 0.4) is 0 Å². The molecule has 0 saturated carbocycles. The van der Waals surface area contributed by atoms with E-state index in [9.17, 15) is 19.2 Å². The summed E-state index contributed by atoms with van der Waals surface area (Å²) >= 11 is 1.35. The summed E-state index contributed by atoms with van der Waals surface area (Å²) in [5.74, 6) is -1.53. The largest absolute Gasteiger partial charge is 0.365 e. The number of carbonyl (C=O) groups excluding carboxylic acids is 4. The second-order valence-corrected chi connectivity index (χ2v) is 8.88. The van der Waals surface area contributed by atoms with Crippen molar-refractivity contribution < 1.29 is 19.2 Å². The Morgan fingerprint density at radius 2 is 1.90 bits per heavy atom. The zero-order valence-electron chi connectivity index (χ0n) is 17.0. The number of fused-ring (bicyclic) bond motifs is 1. The van der Waals surface area contributed by atoms with Crippen LogP contribution in [0.2, 0.25) is 0 Å². The zero-order chi connectivity index (χ0) is 22.0. The Balaban J connectivity index is 1.40. The maximum Gasteiger partial charge on any atom is 0.325 e. The van der Waals surface area contributed by atoms with E-state index < -0.39 is 36.3 Å². The van der Waals surface area contributed by atoms with Gasteiger partial charge in [-0.05, 0) is 49.7 Å². The maximum absolute atomic E-state index is 12.7. The molecule has 0 radical (unpaired) electrons. The summed E-state index contributed by atoms with van der Waals surface area (Å²) < 4.78 is 0. The predicted octanol–water partition coefficient (Wildman–Crippen LogP) is 2.22. The number of amides is 5. The number of urea groups is 1. The van der Waals surface area contributed by atoms with E-state index in [1.54, 1.807) is 0 Å². The quantitative estimate of drug-likeness (QED) is 0.572. The summed E-state index contributed by atoms with van der Waals surface area (Å²) in [7, 11) is 0. The highest BCUT2D eigenvalue weighted by Gasteiger charge is 2.38. The predicted molar refractivity (Wildman–Crippen MR) is 117 cm³/mol. The van der Waals surface area contributed by atoms with Gasteiger partial charge >= 0.3 is 6.03 Å². The number of rotatable bonds is 7. The molecule has 1 aromatic heterocycles. The molecular formula is C22H24N4O4S. The number of aryl methyl sites for hydroxylation is 2. The number of imide groups is 1. The Bertz CT molecular complexity index is 1030. The molecule has 4 rings (SSSR count). The fourth-order valence-corrected chi connectivity index (χ4v) is 5.41. The van der Waals surface area contributed by atoms with E-state index in [2.05, 4.69) is 10.6 Å². The van der Waals surface area contributed by atoms with Gasteiger partial charge in [-0.15, -0.1) is 11.3 Å². The van der Waals surface area contributed by atoms with Crippen molar-refractivity contribution >= 4 is 40.1 Å². The van der Waals surface area contributed by atoms with Gasteiger partial charge in [0, 0.05) is 4.88 Å². The van der Waals surface area contributed by atoms with Crippen LogP contribution in [0, 0.1) is 0 Å². The minimum absolute atomic E-state index is 0.353. The van der Waals surface area contributed by atoms with Gasteiger partial charge in [-0.1, -0.05) is 30.3 Å². The van der Waals surface area contributed by atoms with E-state index in [-0.39, 0.29) is 0 Å². The lowest BCUT2D eigenvalue weighted by atomic mass is 9.95. The lowest BCUT2D eigenvalue weighted by Gasteiger charge is -2.13. The molecule has 2 heterocycles. The van der Waals surface area contributed by atoms with Crippen LogP contribution in [0.1, 0.15) is 45.6 Å². The lowest BCUT2D eigenvalue weighted by Crippen LogP contribution is -2.38. The number of hydrogen-bond donors (Lipinski definition) is 3. The topological polar surface area (TPSA) is 122 Å². The molecule has 1 aliphatic heterocycles. The van der Waals surface area contributed by atoms with Gasteiger partial charge in [0.2, 0.25) is 5.91 Å². The molecule has 1 saturated heterocycles. The molecule has 2 aromatic rings. The molecule has 4 N–H and O–H groups in total. The molecule has 5 amide bonds. The Labute approximate surface area is 183 Å². The van der Waals surface area contributed by atoms with Gasteiger partial charge in [0.1, 0.15) is 17.6 Å². The normalized spacial score (nSPS) is 17.9. The Kier molecular flexibility index (Phi) is 6.03. The number of benzene rings is 1. The van der Waals surface area contributed by atoms with Crippen LogP contribution in [0.5, 0.6) is 0 Å². The number of hydrogen-bond acceptors (Lipinski definition) is 5. The van der Waals surface area contributed by atoms with Gasteiger partial charge in [0.05, 0.1) is 5.56 Å². The van der Waals surface area contributed by atoms with Crippen molar-refractivity contribution in [1.29, 1.82) is 0 Å². The van der Waals surface area contributed by atoms with E-state index >= 15 is 0 Å². The molecule has 31 heavy (non-hydrogen) atoms. The van der Waals surface area contributed by atoms with Crippen molar-refractivity contribution in [3.63, 3.8) is 0 Å². The van der Waals surface area contributed by atoms with E-state index in [0.29, 0.717) is 23.4 Å². The lowest BCUT2D eigenvalue weighted by molar-refractivity contribution is -0.130. The summed E-state index contributed by atoms with van der Waals surface area (Å²) in [4.78, 5) is 51.5. The molecule has 1 aliphatic carbocycles. The van der Waals surface area contributed by atoms with Crippen LogP contribution in [-0.4, -0.2) is 41.2 Å². The molecule has 8 nitrogen and oxygen atoms in total. The number of thiophene rings is 1. The number of nitrogens with two attached hydrogens (primary N) is 1.